The van der Waals surface area contributed by atoms with Crippen molar-refractivity contribution in [1.29, 1.82) is 0 Å². The molecule has 6 heteroatoms. The van der Waals surface area contributed by atoms with Gasteiger partial charge in [-0.15, -0.1) is 12.4 Å². The minimum Gasteiger partial charge on any atom is -0.393 e. The van der Waals surface area contributed by atoms with E-state index in [9.17, 15) is 14.9 Å². The molecule has 0 amide bonds. The molecule has 0 aromatic heterocycles. The van der Waals surface area contributed by atoms with Crippen molar-refractivity contribution in [3.8, 4) is 0 Å². The summed E-state index contributed by atoms with van der Waals surface area (Å²) < 4.78 is 0. The molecule has 76 valence electrons. The molecular weight excluding hydrogens is 208 g/mol. The van der Waals surface area contributed by atoms with E-state index >= 15 is 0 Å². The van der Waals surface area contributed by atoms with E-state index in [4.69, 9.17) is 5.73 Å². The maximum atomic E-state index is 10.9. The zero-order valence-electron chi connectivity index (χ0n) is 7.39. The maximum absolute atomic E-state index is 10.9. The van der Waals surface area contributed by atoms with Crippen LogP contribution in [0.2, 0.25) is 0 Å². The first-order valence-corrected chi connectivity index (χ1v) is 3.58. The molecule has 0 aliphatic heterocycles. The van der Waals surface area contributed by atoms with Crippen LogP contribution in [-0.2, 0) is 0 Å². The van der Waals surface area contributed by atoms with E-state index in [1.807, 2.05) is 0 Å². The number of nitrogens with two attached hydrogens (primary N) is 1. The number of Topliss-reactive ketones (excluding diaryl/α,β-unsaturated/α-hetero) is 1. The summed E-state index contributed by atoms with van der Waals surface area (Å²) >= 11 is 0. The van der Waals surface area contributed by atoms with Crippen LogP contribution in [0, 0.1) is 10.1 Å². The van der Waals surface area contributed by atoms with Gasteiger partial charge in [0.1, 0.15) is 5.69 Å². The molecule has 1 aromatic rings. The van der Waals surface area contributed by atoms with Gasteiger partial charge in [0.25, 0.3) is 5.69 Å². The predicted molar refractivity (Wildman–Crippen MR) is 54.8 cm³/mol. The Morgan fingerprint density at radius 2 is 2.07 bits per heavy atom. The van der Waals surface area contributed by atoms with E-state index in [1.165, 1.54) is 25.1 Å². The average Bonchev–Trinajstić information content (AvgIpc) is 2.03. The minimum absolute atomic E-state index is 0. The first-order chi connectivity index (χ1) is 6.04. The van der Waals surface area contributed by atoms with E-state index in [2.05, 4.69) is 0 Å². The van der Waals surface area contributed by atoms with Gasteiger partial charge in [0.15, 0.2) is 5.78 Å². The van der Waals surface area contributed by atoms with E-state index in [1.54, 1.807) is 0 Å². The number of hydrogen-bond acceptors (Lipinski definition) is 4. The fourth-order valence-electron chi connectivity index (χ4n) is 1.02. The number of nitrogens with zero attached hydrogens (tertiary/aromatic N) is 1. The molecule has 0 atom stereocenters. The topological polar surface area (TPSA) is 86.2 Å². The van der Waals surface area contributed by atoms with Crippen LogP contribution in [-0.4, -0.2) is 10.7 Å². The van der Waals surface area contributed by atoms with Crippen molar-refractivity contribution in [2.75, 3.05) is 5.73 Å². The van der Waals surface area contributed by atoms with Gasteiger partial charge in [-0.3, -0.25) is 14.9 Å². The quantitative estimate of drug-likeness (QED) is 0.353. The molecule has 2 N–H and O–H groups in total. The molecule has 0 saturated carbocycles. The van der Waals surface area contributed by atoms with Crippen molar-refractivity contribution >= 4 is 29.6 Å². The first-order valence-electron chi connectivity index (χ1n) is 3.58. The van der Waals surface area contributed by atoms with E-state index in [-0.39, 0.29) is 35.1 Å². The largest absolute Gasteiger partial charge is 0.393 e. The fraction of sp³-hybridized carbons (Fsp3) is 0.125. The number of nitro groups is 1. The van der Waals surface area contributed by atoms with Crippen LogP contribution in [0.1, 0.15) is 17.3 Å². The van der Waals surface area contributed by atoms with Gasteiger partial charge in [0, 0.05) is 11.6 Å². The minimum atomic E-state index is -0.609. The summed E-state index contributed by atoms with van der Waals surface area (Å²) in [5.41, 5.74) is 5.31. The van der Waals surface area contributed by atoms with E-state index < -0.39 is 4.92 Å². The summed E-state index contributed by atoms with van der Waals surface area (Å²) in [6.07, 6.45) is 0. The summed E-state index contributed by atoms with van der Waals surface area (Å²) in [4.78, 5) is 20.7. The fourth-order valence-corrected chi connectivity index (χ4v) is 1.02. The lowest BCUT2D eigenvalue weighted by Crippen LogP contribution is -2.03. The third-order valence-electron chi connectivity index (χ3n) is 1.66. The molecule has 5 nitrogen and oxygen atoms in total. The number of anilines is 1. The Hall–Kier alpha value is -1.62. The highest BCUT2D eigenvalue weighted by molar-refractivity contribution is 6.00. The number of benzene rings is 1. The lowest BCUT2D eigenvalue weighted by atomic mass is 10.1. The van der Waals surface area contributed by atoms with Crippen molar-refractivity contribution < 1.29 is 9.72 Å². The van der Waals surface area contributed by atoms with Crippen molar-refractivity contribution in [1.82, 2.24) is 0 Å². The smallest absolute Gasteiger partial charge is 0.292 e. The van der Waals surface area contributed by atoms with Crippen molar-refractivity contribution in [2.24, 2.45) is 0 Å². The molecule has 0 spiro atoms. The molecule has 0 heterocycles. The van der Waals surface area contributed by atoms with Gasteiger partial charge in [-0.25, -0.2) is 0 Å². The number of ketones is 1. The first kappa shape index (κ1) is 12.4. The van der Waals surface area contributed by atoms with Gasteiger partial charge in [-0.2, -0.15) is 0 Å². The Balaban J connectivity index is 0.00000169. The van der Waals surface area contributed by atoms with E-state index in [0.717, 1.165) is 0 Å². The SMILES string of the molecule is CC(=O)c1cccc([N+](=O)[O-])c1N.Cl. The van der Waals surface area contributed by atoms with Gasteiger partial charge < -0.3 is 5.73 Å². The van der Waals surface area contributed by atoms with Gasteiger partial charge in [-0.1, -0.05) is 6.07 Å². The molecule has 0 saturated heterocycles. The predicted octanol–water partition coefficient (Wildman–Crippen LogP) is 1.80. The van der Waals surface area contributed by atoms with Gasteiger partial charge in [0.05, 0.1) is 4.92 Å². The molecule has 0 unspecified atom stereocenters. The number of halogens is 1. The Bertz CT molecular complexity index is 347. The molecule has 1 rings (SSSR count). The van der Waals surface area contributed by atoms with Crippen molar-refractivity contribution in [2.45, 2.75) is 6.92 Å². The summed E-state index contributed by atoms with van der Waals surface area (Å²) in [6, 6.07) is 4.16. The number of para-hydroxylation sites is 1. The standard InChI is InChI=1S/C8H8N2O3.ClH/c1-5(11)6-3-2-4-7(8(6)9)10(12)13;/h2-4H,9H2,1H3;1H. The zero-order chi connectivity index (χ0) is 10.0. The molecule has 0 fully saturated rings. The van der Waals surface area contributed by atoms with Crippen LogP contribution < -0.4 is 5.73 Å². The monoisotopic (exact) mass is 216 g/mol. The Morgan fingerprint density at radius 3 is 2.50 bits per heavy atom. The zero-order valence-corrected chi connectivity index (χ0v) is 8.21. The van der Waals surface area contributed by atoms with Crippen LogP contribution >= 0.6 is 12.4 Å². The molecule has 14 heavy (non-hydrogen) atoms. The lowest BCUT2D eigenvalue weighted by Gasteiger charge is -2.00. The summed E-state index contributed by atoms with van der Waals surface area (Å²) in [6.45, 7) is 1.31. The highest BCUT2D eigenvalue weighted by Crippen LogP contribution is 2.24. The number of carbonyl (C=O) groups excluding carboxylic acids is 1. The number of carbonyl (C=O) groups is 1. The molecule has 1 aromatic carbocycles. The number of nitrogen functional groups attached to an aromatic ring is 1. The molecule has 0 aliphatic rings. The normalized spacial score (nSPS) is 8.93. The maximum Gasteiger partial charge on any atom is 0.292 e. The Kier molecular flexibility index (Phi) is 4.04. The number of rotatable bonds is 2. The van der Waals surface area contributed by atoms with Gasteiger partial charge in [0.2, 0.25) is 0 Å². The lowest BCUT2D eigenvalue weighted by molar-refractivity contribution is -0.383. The summed E-state index contributed by atoms with van der Waals surface area (Å²) in [5.74, 6) is -0.277. The van der Waals surface area contributed by atoms with Crippen LogP contribution in [0.5, 0.6) is 0 Å². The Labute approximate surface area is 86.5 Å². The summed E-state index contributed by atoms with van der Waals surface area (Å²) in [7, 11) is 0. The molecular formula is C8H9ClN2O3. The van der Waals surface area contributed by atoms with Crippen LogP contribution in [0.4, 0.5) is 11.4 Å². The highest BCUT2D eigenvalue weighted by atomic mass is 35.5. The molecule has 0 aliphatic carbocycles. The van der Waals surface area contributed by atoms with Crippen LogP contribution in [0.3, 0.4) is 0 Å². The second-order valence-electron chi connectivity index (χ2n) is 2.55. The van der Waals surface area contributed by atoms with Gasteiger partial charge in [-0.05, 0) is 13.0 Å². The molecule has 0 bridgehead atoms. The van der Waals surface area contributed by atoms with Crippen molar-refractivity contribution in [3.63, 3.8) is 0 Å². The second kappa shape index (κ2) is 4.57. The summed E-state index contributed by atoms with van der Waals surface area (Å²) in [5, 5.41) is 10.4. The number of nitro benzene ring substituents is 1. The van der Waals surface area contributed by atoms with Crippen LogP contribution in [0.15, 0.2) is 18.2 Å². The third kappa shape index (κ3) is 2.20. The third-order valence-corrected chi connectivity index (χ3v) is 1.66. The number of hydrogen-bond donors (Lipinski definition) is 1. The Morgan fingerprint density at radius 1 is 1.50 bits per heavy atom. The van der Waals surface area contributed by atoms with E-state index in [0.29, 0.717) is 0 Å². The molecule has 0 radical (unpaired) electrons. The second-order valence-corrected chi connectivity index (χ2v) is 2.55. The van der Waals surface area contributed by atoms with Gasteiger partial charge >= 0.3 is 0 Å². The average molecular weight is 217 g/mol. The van der Waals surface area contributed by atoms with Crippen LogP contribution in [0.25, 0.3) is 0 Å². The van der Waals surface area contributed by atoms with Crippen molar-refractivity contribution in [3.05, 3.63) is 33.9 Å². The highest BCUT2D eigenvalue weighted by Gasteiger charge is 2.15.